The summed E-state index contributed by atoms with van der Waals surface area (Å²) in [6.07, 6.45) is 1.74. The Bertz CT molecular complexity index is 1200. The number of nitrogens with zero attached hydrogens (tertiary/aromatic N) is 1. The third-order valence-corrected chi connectivity index (χ3v) is 6.04. The SMILES string of the molecule is O=C1NC(=Nc2cccc(Cl)c2Cl)S/C1=C/c1ccccc1OCc1ccc(F)cc1. The highest BCUT2D eigenvalue weighted by Crippen LogP contribution is 2.35. The number of ether oxygens (including phenoxy) is 1. The molecule has 0 radical (unpaired) electrons. The lowest BCUT2D eigenvalue weighted by Gasteiger charge is -2.09. The zero-order valence-corrected chi connectivity index (χ0v) is 18.3. The van der Waals surface area contributed by atoms with E-state index < -0.39 is 0 Å². The Morgan fingerprint density at radius 3 is 2.61 bits per heavy atom. The van der Waals surface area contributed by atoms with Gasteiger partial charge in [-0.3, -0.25) is 4.79 Å². The Balaban J connectivity index is 1.53. The monoisotopic (exact) mass is 472 g/mol. The molecule has 0 aromatic heterocycles. The number of aliphatic imine (C=N–C) groups is 1. The molecule has 31 heavy (non-hydrogen) atoms. The fourth-order valence-corrected chi connectivity index (χ4v) is 3.95. The van der Waals surface area contributed by atoms with E-state index in [0.29, 0.717) is 31.6 Å². The number of hydrogen-bond donors (Lipinski definition) is 1. The van der Waals surface area contributed by atoms with Crippen LogP contribution in [-0.2, 0) is 11.4 Å². The van der Waals surface area contributed by atoms with Gasteiger partial charge in [-0.1, -0.05) is 59.6 Å². The van der Waals surface area contributed by atoms with E-state index in [2.05, 4.69) is 10.3 Å². The van der Waals surface area contributed by atoms with E-state index >= 15 is 0 Å². The molecule has 1 saturated heterocycles. The smallest absolute Gasteiger partial charge is 0.264 e. The van der Waals surface area contributed by atoms with Crippen molar-refractivity contribution < 1.29 is 13.9 Å². The number of thioether (sulfide) groups is 1. The lowest BCUT2D eigenvalue weighted by molar-refractivity contribution is -0.115. The van der Waals surface area contributed by atoms with Crippen LogP contribution < -0.4 is 10.1 Å². The Labute approximate surface area is 192 Å². The molecule has 0 saturated carbocycles. The molecular formula is C23H15Cl2FN2O2S. The first-order valence-corrected chi connectivity index (χ1v) is 10.8. The van der Waals surface area contributed by atoms with Gasteiger partial charge in [0.05, 0.1) is 20.6 Å². The van der Waals surface area contributed by atoms with Gasteiger partial charge in [-0.15, -0.1) is 0 Å². The number of benzene rings is 3. The first kappa shape index (κ1) is 21.4. The molecule has 0 unspecified atom stereocenters. The summed E-state index contributed by atoms with van der Waals surface area (Å²) in [6, 6.07) is 18.6. The van der Waals surface area contributed by atoms with Crippen LogP contribution >= 0.6 is 35.0 Å². The molecule has 156 valence electrons. The van der Waals surface area contributed by atoms with Gasteiger partial charge < -0.3 is 10.1 Å². The molecule has 0 bridgehead atoms. The molecule has 1 aliphatic heterocycles. The predicted octanol–water partition coefficient (Wildman–Crippen LogP) is 6.60. The molecule has 1 N–H and O–H groups in total. The summed E-state index contributed by atoms with van der Waals surface area (Å²) in [7, 11) is 0. The van der Waals surface area contributed by atoms with Crippen LogP contribution in [0.15, 0.2) is 76.6 Å². The summed E-state index contributed by atoms with van der Waals surface area (Å²) < 4.78 is 19.0. The molecule has 8 heteroatoms. The molecule has 1 aliphatic rings. The van der Waals surface area contributed by atoms with E-state index in [9.17, 15) is 9.18 Å². The summed E-state index contributed by atoms with van der Waals surface area (Å²) in [5.41, 5.74) is 2.05. The number of hydrogen-bond acceptors (Lipinski definition) is 4. The van der Waals surface area contributed by atoms with Crippen LogP contribution in [0.25, 0.3) is 6.08 Å². The molecule has 3 aromatic rings. The van der Waals surface area contributed by atoms with Crippen molar-refractivity contribution in [1.29, 1.82) is 0 Å². The van der Waals surface area contributed by atoms with Crippen molar-refractivity contribution in [3.8, 4) is 5.75 Å². The third-order valence-electron chi connectivity index (χ3n) is 4.32. The van der Waals surface area contributed by atoms with Gasteiger partial charge in [0.25, 0.3) is 5.91 Å². The number of carbonyl (C=O) groups excluding carboxylic acids is 1. The van der Waals surface area contributed by atoms with Crippen molar-refractivity contribution in [3.05, 3.63) is 98.6 Å². The zero-order valence-electron chi connectivity index (χ0n) is 15.9. The van der Waals surface area contributed by atoms with Gasteiger partial charge in [0.2, 0.25) is 0 Å². The van der Waals surface area contributed by atoms with Crippen LogP contribution in [0.1, 0.15) is 11.1 Å². The number of amides is 1. The summed E-state index contributed by atoms with van der Waals surface area (Å²) in [5.74, 6) is 0.0425. The van der Waals surface area contributed by atoms with Crippen molar-refractivity contribution in [3.63, 3.8) is 0 Å². The van der Waals surface area contributed by atoms with E-state index in [1.165, 1.54) is 23.9 Å². The lowest BCUT2D eigenvalue weighted by atomic mass is 10.2. The van der Waals surface area contributed by atoms with E-state index in [1.54, 1.807) is 36.4 Å². The van der Waals surface area contributed by atoms with Crippen LogP contribution in [0.2, 0.25) is 10.0 Å². The van der Waals surface area contributed by atoms with Crippen LogP contribution in [0.4, 0.5) is 10.1 Å². The maximum Gasteiger partial charge on any atom is 0.264 e. The van der Waals surface area contributed by atoms with E-state index in [4.69, 9.17) is 27.9 Å². The highest BCUT2D eigenvalue weighted by molar-refractivity contribution is 8.18. The summed E-state index contributed by atoms with van der Waals surface area (Å²) in [4.78, 5) is 17.3. The molecule has 0 spiro atoms. The zero-order chi connectivity index (χ0) is 21.8. The number of amidine groups is 1. The van der Waals surface area contributed by atoms with Gasteiger partial charge >= 0.3 is 0 Å². The van der Waals surface area contributed by atoms with Crippen LogP contribution in [-0.4, -0.2) is 11.1 Å². The lowest BCUT2D eigenvalue weighted by Crippen LogP contribution is -2.19. The molecule has 4 nitrogen and oxygen atoms in total. The molecule has 1 heterocycles. The quantitative estimate of drug-likeness (QED) is 0.425. The Kier molecular flexibility index (Phi) is 6.61. The van der Waals surface area contributed by atoms with Gasteiger partial charge in [-0.25, -0.2) is 9.38 Å². The van der Waals surface area contributed by atoms with Crippen LogP contribution in [0, 0.1) is 5.82 Å². The van der Waals surface area contributed by atoms with Crippen LogP contribution in [0.3, 0.4) is 0 Å². The standard InChI is InChI=1S/C23H15Cl2FN2O2S/c24-17-5-3-6-18(21(17)25)27-23-28-22(29)20(31-23)12-15-4-1-2-7-19(15)30-13-14-8-10-16(26)11-9-14/h1-12H,13H2,(H,27,28,29)/b20-12+. The second-order valence-electron chi connectivity index (χ2n) is 6.51. The minimum atomic E-state index is -0.297. The second kappa shape index (κ2) is 9.56. The Morgan fingerprint density at radius 1 is 1.03 bits per heavy atom. The van der Waals surface area contributed by atoms with Crippen molar-refractivity contribution in [2.24, 2.45) is 4.99 Å². The highest BCUT2D eigenvalue weighted by Gasteiger charge is 2.24. The topological polar surface area (TPSA) is 50.7 Å². The number of rotatable bonds is 5. The number of nitrogens with one attached hydrogen (secondary N) is 1. The van der Waals surface area contributed by atoms with Gasteiger partial charge in [0.1, 0.15) is 18.2 Å². The maximum atomic E-state index is 13.1. The van der Waals surface area contributed by atoms with Crippen molar-refractivity contribution >= 4 is 57.8 Å². The fourth-order valence-electron chi connectivity index (χ4n) is 2.78. The summed E-state index contributed by atoms with van der Waals surface area (Å²) in [5, 5.41) is 3.85. The summed E-state index contributed by atoms with van der Waals surface area (Å²) >= 11 is 13.4. The largest absolute Gasteiger partial charge is 0.488 e. The normalized spacial score (nSPS) is 16.0. The Morgan fingerprint density at radius 2 is 1.81 bits per heavy atom. The van der Waals surface area contributed by atoms with E-state index in [0.717, 1.165) is 11.1 Å². The molecule has 1 amide bonds. The summed E-state index contributed by atoms with van der Waals surface area (Å²) in [6.45, 7) is 0.278. The van der Waals surface area contributed by atoms with Gasteiger partial charge in [0.15, 0.2) is 5.17 Å². The molecule has 4 rings (SSSR count). The molecule has 3 aromatic carbocycles. The first-order chi connectivity index (χ1) is 15.0. The van der Waals surface area contributed by atoms with Gasteiger partial charge in [0, 0.05) is 5.56 Å². The predicted molar refractivity (Wildman–Crippen MR) is 124 cm³/mol. The van der Waals surface area contributed by atoms with Crippen molar-refractivity contribution in [1.82, 2.24) is 5.32 Å². The van der Waals surface area contributed by atoms with Crippen molar-refractivity contribution in [2.75, 3.05) is 0 Å². The number of para-hydroxylation sites is 1. The number of halogens is 3. The highest BCUT2D eigenvalue weighted by atomic mass is 35.5. The first-order valence-electron chi connectivity index (χ1n) is 9.19. The molecule has 1 fully saturated rings. The van der Waals surface area contributed by atoms with Crippen LogP contribution in [0.5, 0.6) is 5.75 Å². The molecule has 0 aliphatic carbocycles. The van der Waals surface area contributed by atoms with E-state index in [-0.39, 0.29) is 18.3 Å². The average molecular weight is 473 g/mol. The fraction of sp³-hybridized carbons (Fsp3) is 0.0435. The minimum absolute atomic E-state index is 0.268. The second-order valence-corrected chi connectivity index (χ2v) is 8.32. The minimum Gasteiger partial charge on any atom is -0.488 e. The van der Waals surface area contributed by atoms with Gasteiger partial charge in [-0.05, 0) is 53.7 Å². The Hall–Kier alpha value is -2.80. The average Bonchev–Trinajstić information content (AvgIpc) is 3.10. The number of carbonyl (C=O) groups is 1. The van der Waals surface area contributed by atoms with E-state index in [1.807, 2.05) is 24.3 Å². The maximum absolute atomic E-state index is 13.1. The molecular weight excluding hydrogens is 458 g/mol. The van der Waals surface area contributed by atoms with Gasteiger partial charge in [-0.2, -0.15) is 0 Å². The van der Waals surface area contributed by atoms with Crippen molar-refractivity contribution in [2.45, 2.75) is 6.61 Å². The third kappa shape index (κ3) is 5.28. The molecule has 0 atom stereocenters.